The molecule has 15 heavy (non-hydrogen) atoms. The van der Waals surface area contributed by atoms with E-state index in [0.29, 0.717) is 12.3 Å². The number of nitrogens with two attached hydrogens (primary N) is 1. The van der Waals surface area contributed by atoms with Gasteiger partial charge in [-0.2, -0.15) is 0 Å². The Hall–Kier alpha value is -1.82. The number of carbonyl (C=O) groups excluding carboxylic acids is 1. The van der Waals surface area contributed by atoms with Crippen LogP contribution in [-0.2, 0) is 11.3 Å². The summed E-state index contributed by atoms with van der Waals surface area (Å²) in [4.78, 5) is 22.7. The van der Waals surface area contributed by atoms with Crippen LogP contribution in [0.3, 0.4) is 0 Å². The van der Waals surface area contributed by atoms with E-state index in [1.807, 2.05) is 0 Å². The van der Waals surface area contributed by atoms with Crippen LogP contribution >= 0.6 is 0 Å². The van der Waals surface area contributed by atoms with E-state index in [2.05, 4.69) is 0 Å². The fourth-order valence-corrected chi connectivity index (χ4v) is 1.17. The van der Waals surface area contributed by atoms with Crippen LogP contribution in [0.1, 0.15) is 16.3 Å². The first-order valence-electron chi connectivity index (χ1n) is 4.28. The zero-order valence-corrected chi connectivity index (χ0v) is 8.27. The van der Waals surface area contributed by atoms with Gasteiger partial charge in [-0.3, -0.25) is 9.69 Å². The van der Waals surface area contributed by atoms with E-state index in [-0.39, 0.29) is 12.3 Å². The van der Waals surface area contributed by atoms with Gasteiger partial charge in [0.05, 0.1) is 13.1 Å². The number of amides is 1. The number of carboxylic acid groups (broad SMARTS) is 1. The normalized spacial score (nSPS) is 10.5. The number of aromatic carboxylic acids is 1. The van der Waals surface area contributed by atoms with Crippen LogP contribution < -0.4 is 5.73 Å². The van der Waals surface area contributed by atoms with Crippen molar-refractivity contribution in [1.82, 2.24) is 4.90 Å². The van der Waals surface area contributed by atoms with Crippen molar-refractivity contribution in [3.8, 4) is 0 Å². The number of hydrogen-bond donors (Lipinski definition) is 2. The first kappa shape index (κ1) is 11.3. The molecule has 0 aliphatic heterocycles. The van der Waals surface area contributed by atoms with Crippen molar-refractivity contribution in [2.75, 3.05) is 13.6 Å². The van der Waals surface area contributed by atoms with Crippen molar-refractivity contribution in [3.63, 3.8) is 0 Å². The molecule has 1 rings (SSSR count). The highest BCUT2D eigenvalue weighted by atomic mass is 16.4. The standard InChI is InChI=1S/C9H12N2O4/c1-11(5-8(10)12)4-6-2-3-7(15-6)9(13)14/h2-3H,4-5H2,1H3,(H2,10,12)(H,13,14). The maximum Gasteiger partial charge on any atom is 0.371 e. The smallest absolute Gasteiger partial charge is 0.371 e. The second kappa shape index (κ2) is 4.61. The first-order chi connectivity index (χ1) is 6.99. The minimum atomic E-state index is -1.11. The summed E-state index contributed by atoms with van der Waals surface area (Å²) in [6, 6.07) is 2.93. The highest BCUT2D eigenvalue weighted by molar-refractivity contribution is 5.84. The molecular formula is C9H12N2O4. The molecule has 0 spiro atoms. The third-order valence-electron chi connectivity index (χ3n) is 1.72. The number of likely N-dealkylation sites (N-methyl/N-ethyl adjacent to an activating group) is 1. The number of rotatable bonds is 5. The van der Waals surface area contributed by atoms with Crippen molar-refractivity contribution in [2.24, 2.45) is 5.73 Å². The number of hydrogen-bond acceptors (Lipinski definition) is 4. The number of primary amides is 1. The lowest BCUT2D eigenvalue weighted by atomic mass is 10.4. The maximum atomic E-state index is 10.6. The van der Waals surface area contributed by atoms with Crippen molar-refractivity contribution >= 4 is 11.9 Å². The third-order valence-corrected chi connectivity index (χ3v) is 1.72. The Balaban J connectivity index is 2.57. The fraction of sp³-hybridized carbons (Fsp3) is 0.333. The van der Waals surface area contributed by atoms with E-state index in [0.717, 1.165) is 0 Å². The quantitative estimate of drug-likeness (QED) is 0.710. The van der Waals surface area contributed by atoms with Gasteiger partial charge >= 0.3 is 5.97 Å². The monoisotopic (exact) mass is 212 g/mol. The Labute approximate surface area is 86.3 Å². The van der Waals surface area contributed by atoms with Gasteiger partial charge in [0.2, 0.25) is 11.7 Å². The SMILES string of the molecule is CN(CC(N)=O)Cc1ccc(C(=O)O)o1. The van der Waals surface area contributed by atoms with Gasteiger partial charge in [0.1, 0.15) is 5.76 Å². The summed E-state index contributed by atoms with van der Waals surface area (Å²) in [7, 11) is 1.69. The maximum absolute atomic E-state index is 10.6. The molecule has 1 amide bonds. The van der Waals surface area contributed by atoms with E-state index >= 15 is 0 Å². The van der Waals surface area contributed by atoms with Crippen molar-refractivity contribution in [2.45, 2.75) is 6.54 Å². The number of nitrogens with zero attached hydrogens (tertiary/aromatic N) is 1. The average Bonchev–Trinajstić information content (AvgIpc) is 2.50. The molecule has 82 valence electrons. The molecule has 0 aliphatic rings. The van der Waals surface area contributed by atoms with Gasteiger partial charge in [-0.25, -0.2) is 4.79 Å². The molecule has 3 N–H and O–H groups in total. The molecule has 0 aliphatic carbocycles. The number of carbonyl (C=O) groups is 2. The number of carboxylic acids is 1. The number of furan rings is 1. The van der Waals surface area contributed by atoms with Crippen LogP contribution in [0.4, 0.5) is 0 Å². The zero-order chi connectivity index (χ0) is 11.4. The molecule has 0 fully saturated rings. The second-order valence-electron chi connectivity index (χ2n) is 3.21. The van der Waals surface area contributed by atoms with Crippen LogP contribution in [0.15, 0.2) is 16.5 Å². The van der Waals surface area contributed by atoms with E-state index < -0.39 is 11.9 Å². The topological polar surface area (TPSA) is 96.8 Å². The Morgan fingerprint density at radius 2 is 2.20 bits per heavy atom. The summed E-state index contributed by atoms with van der Waals surface area (Å²) in [5.41, 5.74) is 5.00. The van der Waals surface area contributed by atoms with Crippen LogP contribution in [-0.4, -0.2) is 35.5 Å². The van der Waals surface area contributed by atoms with E-state index in [1.165, 1.54) is 6.07 Å². The summed E-state index contributed by atoms with van der Waals surface area (Å²) >= 11 is 0. The Bertz CT molecular complexity index is 372. The summed E-state index contributed by atoms with van der Waals surface area (Å²) in [5, 5.41) is 8.60. The minimum absolute atomic E-state index is 0.100. The Morgan fingerprint density at radius 1 is 1.53 bits per heavy atom. The van der Waals surface area contributed by atoms with Crippen molar-refractivity contribution in [1.29, 1.82) is 0 Å². The van der Waals surface area contributed by atoms with Gasteiger partial charge in [-0.15, -0.1) is 0 Å². The van der Waals surface area contributed by atoms with E-state index in [9.17, 15) is 9.59 Å². The predicted molar refractivity (Wildman–Crippen MR) is 51.2 cm³/mol. The van der Waals surface area contributed by atoms with Crippen LogP contribution in [0.5, 0.6) is 0 Å². The van der Waals surface area contributed by atoms with E-state index in [4.69, 9.17) is 15.3 Å². The highest BCUT2D eigenvalue weighted by Gasteiger charge is 2.11. The molecule has 0 saturated carbocycles. The van der Waals surface area contributed by atoms with Gasteiger partial charge in [0, 0.05) is 0 Å². The largest absolute Gasteiger partial charge is 0.475 e. The molecule has 1 heterocycles. The second-order valence-corrected chi connectivity index (χ2v) is 3.21. The lowest BCUT2D eigenvalue weighted by molar-refractivity contribution is -0.119. The minimum Gasteiger partial charge on any atom is -0.475 e. The molecule has 6 heteroatoms. The molecule has 0 radical (unpaired) electrons. The molecule has 0 unspecified atom stereocenters. The van der Waals surface area contributed by atoms with Crippen molar-refractivity contribution in [3.05, 3.63) is 23.7 Å². The van der Waals surface area contributed by atoms with Gasteiger partial charge < -0.3 is 15.3 Å². The zero-order valence-electron chi connectivity index (χ0n) is 8.27. The van der Waals surface area contributed by atoms with Crippen LogP contribution in [0, 0.1) is 0 Å². The molecule has 6 nitrogen and oxygen atoms in total. The predicted octanol–water partition coefficient (Wildman–Crippen LogP) is -0.105. The Kier molecular flexibility index (Phi) is 3.46. The Morgan fingerprint density at radius 3 is 2.67 bits per heavy atom. The summed E-state index contributed by atoms with van der Waals surface area (Å²) in [6.45, 7) is 0.444. The molecule has 0 atom stereocenters. The van der Waals surface area contributed by atoms with Crippen LogP contribution in [0.2, 0.25) is 0 Å². The van der Waals surface area contributed by atoms with Gasteiger partial charge in [-0.1, -0.05) is 0 Å². The fourth-order valence-electron chi connectivity index (χ4n) is 1.17. The summed E-state index contributed by atoms with van der Waals surface area (Å²) in [5.74, 6) is -1.19. The molecule has 1 aromatic rings. The average molecular weight is 212 g/mol. The molecule has 0 bridgehead atoms. The highest BCUT2D eigenvalue weighted by Crippen LogP contribution is 2.09. The lowest BCUT2D eigenvalue weighted by Gasteiger charge is -2.11. The van der Waals surface area contributed by atoms with E-state index in [1.54, 1.807) is 18.0 Å². The third kappa shape index (κ3) is 3.43. The van der Waals surface area contributed by atoms with Crippen LogP contribution in [0.25, 0.3) is 0 Å². The van der Waals surface area contributed by atoms with Crippen molar-refractivity contribution < 1.29 is 19.1 Å². The molecule has 0 aromatic carbocycles. The summed E-state index contributed by atoms with van der Waals surface area (Å²) < 4.78 is 5.00. The summed E-state index contributed by atoms with van der Waals surface area (Å²) in [6.07, 6.45) is 0. The molecule has 1 aromatic heterocycles. The van der Waals surface area contributed by atoms with Gasteiger partial charge in [0.15, 0.2) is 0 Å². The molecule has 0 saturated heterocycles. The first-order valence-corrected chi connectivity index (χ1v) is 4.28. The lowest BCUT2D eigenvalue weighted by Crippen LogP contribution is -2.30. The van der Waals surface area contributed by atoms with Gasteiger partial charge in [-0.05, 0) is 19.2 Å². The van der Waals surface area contributed by atoms with Gasteiger partial charge in [0.25, 0.3) is 0 Å². The molecular weight excluding hydrogens is 200 g/mol.